The highest BCUT2D eigenvalue weighted by atomic mass is 32.1. The Morgan fingerprint density at radius 3 is 2.58 bits per heavy atom. The first-order chi connectivity index (χ1) is 32.7. The van der Waals surface area contributed by atoms with E-state index in [1.165, 1.54) is 45.7 Å². The number of nitrogens with one attached hydrogen (secondary N) is 2. The minimum atomic E-state index is -0.144. The summed E-state index contributed by atoms with van der Waals surface area (Å²) >= 11 is 2.98. The summed E-state index contributed by atoms with van der Waals surface area (Å²) in [5, 5.41) is 14.1. The molecule has 2 aromatic carbocycles. The van der Waals surface area contributed by atoms with E-state index >= 15 is 0 Å². The van der Waals surface area contributed by atoms with Crippen LogP contribution in [-0.2, 0) is 44.2 Å². The maximum absolute atomic E-state index is 13.6. The van der Waals surface area contributed by atoms with Gasteiger partial charge in [0, 0.05) is 93.1 Å². The van der Waals surface area contributed by atoms with E-state index in [9.17, 15) is 9.59 Å². The first kappa shape index (κ1) is 44.1. The smallest absolute Gasteiger partial charge is 0.291 e. The Labute approximate surface area is 397 Å². The molecule has 1 amide bonds. The van der Waals surface area contributed by atoms with Crippen molar-refractivity contribution in [2.24, 2.45) is 7.05 Å². The Morgan fingerprint density at radius 1 is 0.940 bits per heavy atom. The summed E-state index contributed by atoms with van der Waals surface area (Å²) in [5.41, 5.74) is 14.4. The highest BCUT2D eigenvalue weighted by molar-refractivity contribution is 7.21. The number of amides is 1. The molecule has 0 saturated carbocycles. The van der Waals surface area contributed by atoms with Crippen LogP contribution in [-0.4, -0.2) is 124 Å². The number of methoxy groups -OCH3 is 1. The van der Waals surface area contributed by atoms with Gasteiger partial charge in [-0.2, -0.15) is 5.10 Å². The van der Waals surface area contributed by atoms with Gasteiger partial charge in [0.25, 0.3) is 11.5 Å². The van der Waals surface area contributed by atoms with Gasteiger partial charge in [-0.3, -0.25) is 14.5 Å². The molecule has 2 bridgehead atoms. The van der Waals surface area contributed by atoms with Crippen molar-refractivity contribution in [3.63, 3.8) is 0 Å². The van der Waals surface area contributed by atoms with Crippen LogP contribution in [0.15, 0.2) is 65.6 Å². The number of anilines is 2. The van der Waals surface area contributed by atoms with E-state index in [-0.39, 0.29) is 17.5 Å². The molecule has 0 unspecified atom stereocenters. The number of pyridine rings is 1. The number of thiazole rings is 1. The lowest BCUT2D eigenvalue weighted by Crippen LogP contribution is -2.51. The van der Waals surface area contributed by atoms with E-state index in [1.54, 1.807) is 24.6 Å². The number of piperazine rings is 2. The van der Waals surface area contributed by atoms with Gasteiger partial charge in [-0.1, -0.05) is 18.2 Å². The molecule has 4 aliphatic rings. The molecular weight excluding hydrogens is 883 g/mol. The third-order valence-corrected chi connectivity index (χ3v) is 16.5. The molecule has 3 fully saturated rings. The molecule has 3 atom stereocenters. The number of carbonyl (C=O) groups excluding carboxylic acids is 1. The zero-order valence-corrected chi connectivity index (χ0v) is 40.0. The lowest BCUT2D eigenvalue weighted by atomic mass is 9.87. The number of aryl methyl sites for hydroxylation is 3. The first-order valence-corrected chi connectivity index (χ1v) is 25.5. The second-order valence-electron chi connectivity index (χ2n) is 18.8. The lowest BCUT2D eigenvalue weighted by Gasteiger charge is -2.35. The minimum Gasteiger partial charge on any atom is -0.497 e. The molecule has 17 heteroatoms. The summed E-state index contributed by atoms with van der Waals surface area (Å²) < 4.78 is 15.8. The Bertz CT molecular complexity index is 3000. The van der Waals surface area contributed by atoms with Crippen molar-refractivity contribution in [3.8, 4) is 5.75 Å². The Kier molecular flexibility index (Phi) is 12.5. The van der Waals surface area contributed by atoms with E-state index < -0.39 is 0 Å². The number of carbonyl (C=O) groups is 1. The van der Waals surface area contributed by atoms with Crippen molar-refractivity contribution in [2.45, 2.75) is 76.2 Å². The maximum Gasteiger partial charge on any atom is 0.291 e. The number of nitrogens with zero attached hydrogens (tertiary/aromatic N) is 8. The molecular formula is C50H59N11O4S2. The number of rotatable bonds is 15. The van der Waals surface area contributed by atoms with Crippen LogP contribution in [0.25, 0.3) is 31.5 Å². The van der Waals surface area contributed by atoms with Crippen molar-refractivity contribution in [2.75, 3.05) is 76.7 Å². The van der Waals surface area contributed by atoms with E-state index in [4.69, 9.17) is 25.2 Å². The summed E-state index contributed by atoms with van der Waals surface area (Å²) in [6.45, 7) is 9.56. The Hall–Kier alpha value is -5.43. The first-order valence-electron chi connectivity index (χ1n) is 23.8. The SMILES string of the molecule is COc1cccc(Cn2ncc3c4sc(COCCN5CCN(CCCc6ccc7c(N)c(C(=O)N[C@H]8CCc9cc(N%10C[C@H]%11CC[C@@H](C%10)N%11)ccc9C8)sc7n6)CC5)nc4n(C)c3c2=O)c1. The van der Waals surface area contributed by atoms with Crippen molar-refractivity contribution in [1.82, 2.24) is 44.7 Å². The summed E-state index contributed by atoms with van der Waals surface area (Å²) in [7, 11) is 3.52. The fraction of sp³-hybridized carbons (Fsp3) is 0.460. The average Bonchev–Trinajstić information content (AvgIpc) is 4.09. The van der Waals surface area contributed by atoms with Crippen LogP contribution in [0, 0.1) is 0 Å². The Morgan fingerprint density at radius 2 is 1.76 bits per heavy atom. The van der Waals surface area contributed by atoms with Gasteiger partial charge in [0.1, 0.15) is 26.0 Å². The molecule has 8 heterocycles. The van der Waals surface area contributed by atoms with Crippen molar-refractivity contribution < 1.29 is 14.3 Å². The number of nitrogen functional groups attached to an aromatic ring is 1. The summed E-state index contributed by atoms with van der Waals surface area (Å²) in [6.07, 6.45) is 8.97. The molecule has 7 aromatic rings. The topological polar surface area (TPSA) is 161 Å². The maximum atomic E-state index is 13.6. The molecule has 5 aromatic heterocycles. The zero-order valence-electron chi connectivity index (χ0n) is 38.3. The zero-order chi connectivity index (χ0) is 45.6. The highest BCUT2D eigenvalue weighted by Crippen LogP contribution is 2.35. The summed E-state index contributed by atoms with van der Waals surface area (Å²) in [6, 6.07) is 20.1. The largest absolute Gasteiger partial charge is 0.497 e. The lowest BCUT2D eigenvalue weighted by molar-refractivity contribution is 0.0682. The van der Waals surface area contributed by atoms with Crippen molar-refractivity contribution >= 4 is 71.4 Å². The molecule has 1 aliphatic carbocycles. The highest BCUT2D eigenvalue weighted by Gasteiger charge is 2.33. The van der Waals surface area contributed by atoms with Gasteiger partial charge >= 0.3 is 0 Å². The number of nitrogens with two attached hydrogens (primary N) is 1. The Balaban J connectivity index is 0.609. The summed E-state index contributed by atoms with van der Waals surface area (Å²) in [4.78, 5) is 45.9. The standard InChI is InChI=1S/C50H59N11O4S2/c1-57-44-41(26-52-61(50(44)63)27-31-5-3-7-39(23-31)64-2)45-47(57)56-42(66-45)30-65-22-21-59-19-17-58(18-20-59)16-4-6-34-13-15-40-43(51)46(67-49(40)55-34)48(62)54-35-10-8-33-25-38(14-9-32(33)24-35)60-28-36-11-12-37(29-60)53-36/h3,5,7,9,13-15,23,25-26,35-37,53H,4,6,8,10-12,16-22,24,27-30,51H2,1-2H3,(H,54,62)/t35-,36-,37+/m0/s1. The van der Waals surface area contributed by atoms with E-state index in [0.717, 1.165) is 132 Å². The van der Waals surface area contributed by atoms with Crippen LogP contribution in [0.4, 0.5) is 11.4 Å². The van der Waals surface area contributed by atoms with Crippen LogP contribution >= 0.6 is 22.7 Å². The number of benzene rings is 2. The van der Waals surface area contributed by atoms with E-state index in [2.05, 4.69) is 54.7 Å². The van der Waals surface area contributed by atoms with Crippen molar-refractivity contribution in [1.29, 1.82) is 0 Å². The van der Waals surface area contributed by atoms with Crippen LogP contribution < -0.4 is 31.6 Å². The fourth-order valence-electron chi connectivity index (χ4n) is 10.7. The van der Waals surface area contributed by atoms with Gasteiger partial charge in [0.15, 0.2) is 5.65 Å². The van der Waals surface area contributed by atoms with Gasteiger partial charge in [-0.15, -0.1) is 22.7 Å². The molecule has 3 aliphatic heterocycles. The van der Waals surface area contributed by atoms with Crippen LogP contribution in [0.2, 0.25) is 0 Å². The van der Waals surface area contributed by atoms with Gasteiger partial charge < -0.3 is 40.2 Å². The number of hydrogen-bond donors (Lipinski definition) is 3. The average molecular weight is 942 g/mol. The molecule has 67 heavy (non-hydrogen) atoms. The fourth-order valence-corrected chi connectivity index (χ4v) is 12.7. The summed E-state index contributed by atoms with van der Waals surface area (Å²) in [5.74, 6) is 0.654. The van der Waals surface area contributed by atoms with Crippen LogP contribution in [0.1, 0.15) is 62.7 Å². The monoisotopic (exact) mass is 941 g/mol. The molecule has 0 radical (unpaired) electrons. The molecule has 3 saturated heterocycles. The van der Waals surface area contributed by atoms with Crippen LogP contribution in [0.5, 0.6) is 5.75 Å². The predicted molar refractivity (Wildman–Crippen MR) is 267 cm³/mol. The molecule has 0 spiro atoms. The molecule has 15 nitrogen and oxygen atoms in total. The third-order valence-electron chi connectivity index (χ3n) is 14.4. The molecule has 350 valence electrons. The second kappa shape index (κ2) is 18.9. The van der Waals surface area contributed by atoms with Gasteiger partial charge in [-0.05, 0) is 105 Å². The predicted octanol–water partition coefficient (Wildman–Crippen LogP) is 5.59. The quantitative estimate of drug-likeness (QED) is 0.110. The van der Waals surface area contributed by atoms with E-state index in [0.29, 0.717) is 47.9 Å². The number of thiophene rings is 1. The second-order valence-corrected chi connectivity index (χ2v) is 20.9. The molecule has 11 rings (SSSR count). The van der Waals surface area contributed by atoms with Gasteiger partial charge in [0.05, 0.1) is 43.5 Å². The number of aromatic nitrogens is 5. The van der Waals surface area contributed by atoms with Gasteiger partial charge in [-0.25, -0.2) is 14.6 Å². The number of ether oxygens (including phenoxy) is 2. The molecule has 4 N–H and O–H groups in total. The normalized spacial score (nSPS) is 20.0. The van der Waals surface area contributed by atoms with Crippen molar-refractivity contribution in [3.05, 3.63) is 103 Å². The number of hydrogen-bond acceptors (Lipinski definition) is 14. The number of fused-ring (bicyclic) bond motifs is 7. The minimum absolute atomic E-state index is 0.0865. The van der Waals surface area contributed by atoms with Gasteiger partial charge in [0.2, 0.25) is 0 Å². The van der Waals surface area contributed by atoms with E-state index in [1.807, 2.05) is 41.9 Å². The third kappa shape index (κ3) is 9.16. The van der Waals surface area contributed by atoms with Crippen LogP contribution in [0.3, 0.4) is 0 Å².